The number of amides is 2. The number of carbonyl (C=O) groups is 2. The molecule has 0 aromatic heterocycles. The van der Waals surface area contributed by atoms with Crippen LogP contribution in [0, 0.1) is 6.92 Å². The van der Waals surface area contributed by atoms with E-state index in [0.717, 1.165) is 28.1 Å². The summed E-state index contributed by atoms with van der Waals surface area (Å²) in [6.45, 7) is 6.47. The van der Waals surface area contributed by atoms with Crippen molar-refractivity contribution in [2.75, 3.05) is 23.7 Å². The van der Waals surface area contributed by atoms with Crippen LogP contribution in [0.2, 0.25) is 10.0 Å². The molecule has 35 heavy (non-hydrogen) atoms. The lowest BCUT2D eigenvalue weighted by atomic mass is 10.1. The Balaban J connectivity index is 2.19. The van der Waals surface area contributed by atoms with E-state index in [1.807, 2.05) is 38.1 Å². The van der Waals surface area contributed by atoms with Gasteiger partial charge in [-0.1, -0.05) is 60.0 Å². The smallest absolute Gasteiger partial charge is 0.242 e. The molecule has 1 N–H and O–H groups in total. The number of carbonyl (C=O) groups excluding carboxylic acids is 2. The number of nitrogens with zero attached hydrogens (tertiary/aromatic N) is 2. The molecule has 0 bridgehead atoms. The average Bonchev–Trinajstić information content (AvgIpc) is 2.79. The van der Waals surface area contributed by atoms with E-state index in [4.69, 9.17) is 23.2 Å². The molecule has 0 aliphatic heterocycles. The number of hydrogen-bond donors (Lipinski definition) is 1. The Hall–Kier alpha value is -2.29. The zero-order chi connectivity index (χ0) is 26.2. The first-order valence-electron chi connectivity index (χ1n) is 11.5. The Morgan fingerprint density at radius 3 is 2.46 bits per heavy atom. The second kappa shape index (κ2) is 13.1. The predicted molar refractivity (Wildman–Crippen MR) is 142 cm³/mol. The summed E-state index contributed by atoms with van der Waals surface area (Å²) >= 11 is 12.3. The molecule has 0 fully saturated rings. The van der Waals surface area contributed by atoms with Gasteiger partial charge in [0.25, 0.3) is 0 Å². The van der Waals surface area contributed by atoms with Gasteiger partial charge in [0.05, 0.1) is 17.0 Å². The number of rotatable bonds is 12. The highest BCUT2D eigenvalue weighted by molar-refractivity contribution is 7.92. The summed E-state index contributed by atoms with van der Waals surface area (Å²) in [6.07, 6.45) is 2.16. The minimum atomic E-state index is -3.67. The zero-order valence-electron chi connectivity index (χ0n) is 20.6. The predicted octanol–water partition coefficient (Wildman–Crippen LogP) is 4.79. The zero-order valence-corrected chi connectivity index (χ0v) is 22.9. The van der Waals surface area contributed by atoms with E-state index in [2.05, 4.69) is 5.32 Å². The van der Waals surface area contributed by atoms with E-state index in [9.17, 15) is 18.0 Å². The van der Waals surface area contributed by atoms with Crippen LogP contribution in [0.1, 0.15) is 44.2 Å². The second-order valence-electron chi connectivity index (χ2n) is 8.51. The number of anilines is 1. The second-order valence-corrected chi connectivity index (χ2v) is 11.3. The van der Waals surface area contributed by atoms with Gasteiger partial charge in [-0.25, -0.2) is 8.42 Å². The van der Waals surface area contributed by atoms with Crippen LogP contribution in [-0.2, 0) is 26.2 Å². The third-order valence-electron chi connectivity index (χ3n) is 5.48. The van der Waals surface area contributed by atoms with Crippen molar-refractivity contribution >= 4 is 50.7 Å². The maximum absolute atomic E-state index is 13.3. The summed E-state index contributed by atoms with van der Waals surface area (Å²) in [5.74, 6) is -0.465. The van der Waals surface area contributed by atoms with E-state index in [0.29, 0.717) is 11.6 Å². The van der Waals surface area contributed by atoms with E-state index in [-0.39, 0.29) is 48.5 Å². The van der Waals surface area contributed by atoms with Crippen molar-refractivity contribution in [2.24, 2.45) is 0 Å². The van der Waals surface area contributed by atoms with Crippen LogP contribution in [0.4, 0.5) is 5.69 Å². The molecule has 2 amide bonds. The number of hydrogen-bond acceptors (Lipinski definition) is 4. The first kappa shape index (κ1) is 28.9. The van der Waals surface area contributed by atoms with E-state index in [1.54, 1.807) is 13.0 Å². The Kier molecular flexibility index (Phi) is 10.9. The minimum Gasteiger partial charge on any atom is -0.354 e. The van der Waals surface area contributed by atoms with Gasteiger partial charge in [-0.3, -0.25) is 13.9 Å². The van der Waals surface area contributed by atoms with Gasteiger partial charge >= 0.3 is 0 Å². The Morgan fingerprint density at radius 2 is 1.83 bits per heavy atom. The van der Waals surface area contributed by atoms with Crippen molar-refractivity contribution in [3.05, 3.63) is 63.6 Å². The Morgan fingerprint density at radius 1 is 1.11 bits per heavy atom. The van der Waals surface area contributed by atoms with Crippen molar-refractivity contribution in [1.82, 2.24) is 10.2 Å². The molecule has 192 valence electrons. The van der Waals surface area contributed by atoms with Crippen molar-refractivity contribution in [3.8, 4) is 0 Å². The van der Waals surface area contributed by atoms with Crippen LogP contribution in [0.3, 0.4) is 0 Å². The highest BCUT2D eigenvalue weighted by atomic mass is 35.5. The number of benzene rings is 2. The molecule has 0 saturated carbocycles. The molecule has 0 spiro atoms. The highest BCUT2D eigenvalue weighted by Gasteiger charge is 2.27. The fourth-order valence-electron chi connectivity index (χ4n) is 3.65. The first-order chi connectivity index (χ1) is 16.4. The molecular weight excluding hydrogens is 509 g/mol. The molecule has 0 unspecified atom stereocenters. The van der Waals surface area contributed by atoms with Crippen molar-refractivity contribution in [1.29, 1.82) is 0 Å². The van der Waals surface area contributed by atoms with E-state index in [1.165, 1.54) is 17.0 Å². The molecule has 0 saturated heterocycles. The van der Waals surface area contributed by atoms with E-state index < -0.39 is 16.1 Å². The molecular formula is C25H33Cl2N3O4S. The summed E-state index contributed by atoms with van der Waals surface area (Å²) < 4.78 is 26.1. The van der Waals surface area contributed by atoms with Crippen molar-refractivity contribution in [2.45, 2.75) is 52.6 Å². The largest absolute Gasteiger partial charge is 0.354 e. The summed E-state index contributed by atoms with van der Waals surface area (Å²) in [4.78, 5) is 27.5. The summed E-state index contributed by atoms with van der Waals surface area (Å²) in [5, 5.41) is 3.44. The van der Waals surface area contributed by atoms with Crippen LogP contribution in [0.5, 0.6) is 0 Å². The standard InChI is InChI=1S/C25H33Cl2N3O4S/c1-5-13-28-25(32)19(3)29(17-20-9-6-8-18(2)15-20)24(31)10-7-14-30(35(4,33)34)23-16-21(26)11-12-22(23)27/h6,8-9,11-12,15-16,19H,5,7,10,13-14,17H2,1-4H3,(H,28,32)/t19-/m0/s1. The van der Waals surface area contributed by atoms with Crippen molar-refractivity contribution < 1.29 is 18.0 Å². The molecule has 1 atom stereocenters. The molecule has 0 radical (unpaired) electrons. The number of sulfonamides is 1. The molecule has 0 aliphatic rings. The quantitative estimate of drug-likeness (QED) is 0.418. The maximum Gasteiger partial charge on any atom is 0.242 e. The number of aryl methyl sites for hydroxylation is 1. The fourth-order valence-corrected chi connectivity index (χ4v) is 5.05. The number of nitrogens with one attached hydrogen (secondary N) is 1. The highest BCUT2D eigenvalue weighted by Crippen LogP contribution is 2.31. The topological polar surface area (TPSA) is 86.8 Å². The van der Waals surface area contributed by atoms with Crippen LogP contribution >= 0.6 is 23.2 Å². The van der Waals surface area contributed by atoms with Gasteiger partial charge in [0.15, 0.2) is 0 Å². The lowest BCUT2D eigenvalue weighted by molar-refractivity contribution is -0.140. The summed E-state index contributed by atoms with van der Waals surface area (Å²) in [7, 11) is -3.67. The molecule has 2 aromatic carbocycles. The van der Waals surface area contributed by atoms with Crippen LogP contribution in [-0.4, -0.2) is 50.5 Å². The van der Waals surface area contributed by atoms with Crippen molar-refractivity contribution in [3.63, 3.8) is 0 Å². The van der Waals surface area contributed by atoms with Gasteiger partial charge in [0, 0.05) is 31.1 Å². The monoisotopic (exact) mass is 541 g/mol. The molecule has 0 aliphatic carbocycles. The lowest BCUT2D eigenvalue weighted by Gasteiger charge is -2.29. The van der Waals surface area contributed by atoms with Crippen LogP contribution < -0.4 is 9.62 Å². The normalized spacial score (nSPS) is 12.2. The average molecular weight is 543 g/mol. The fraction of sp³-hybridized carbons (Fsp3) is 0.440. The van der Waals surface area contributed by atoms with E-state index >= 15 is 0 Å². The Bertz CT molecular complexity index is 1140. The lowest BCUT2D eigenvalue weighted by Crippen LogP contribution is -2.47. The molecule has 10 heteroatoms. The summed E-state index contributed by atoms with van der Waals surface area (Å²) in [5.41, 5.74) is 2.23. The molecule has 0 heterocycles. The third-order valence-corrected chi connectivity index (χ3v) is 7.22. The van der Waals surface area contributed by atoms with Crippen LogP contribution in [0.25, 0.3) is 0 Å². The molecule has 2 rings (SSSR count). The van der Waals surface area contributed by atoms with Gasteiger partial charge < -0.3 is 10.2 Å². The van der Waals surface area contributed by atoms with Gasteiger partial charge in [0.2, 0.25) is 21.8 Å². The number of halogens is 2. The minimum absolute atomic E-state index is 0.0410. The first-order valence-corrected chi connectivity index (χ1v) is 14.1. The summed E-state index contributed by atoms with van der Waals surface area (Å²) in [6, 6.07) is 11.7. The van der Waals surface area contributed by atoms with Gasteiger partial charge in [-0.05, 0) is 50.5 Å². The maximum atomic E-state index is 13.3. The SMILES string of the molecule is CCCNC(=O)[C@H](C)N(Cc1cccc(C)c1)C(=O)CCCN(c1cc(Cl)ccc1Cl)S(C)(=O)=O. The van der Waals surface area contributed by atoms with Crippen LogP contribution in [0.15, 0.2) is 42.5 Å². The molecule has 7 nitrogen and oxygen atoms in total. The van der Waals surface area contributed by atoms with Gasteiger partial charge in [0.1, 0.15) is 6.04 Å². The third kappa shape index (κ3) is 8.70. The van der Waals surface area contributed by atoms with Gasteiger partial charge in [-0.15, -0.1) is 0 Å². The Labute approximate surface area is 218 Å². The van der Waals surface area contributed by atoms with Gasteiger partial charge in [-0.2, -0.15) is 0 Å². The molecule has 2 aromatic rings.